The molecule has 0 aliphatic rings. The number of hydrogen-bond acceptors (Lipinski definition) is 3. The molecule has 1 aromatic heterocycles. The Bertz CT molecular complexity index is 1410. The maximum atomic E-state index is 13.2. The first-order chi connectivity index (χ1) is 14.9. The smallest absolute Gasteiger partial charge is 0.309 e. The normalized spacial score (nSPS) is 10.9. The first kappa shape index (κ1) is 20.9. The van der Waals surface area contributed by atoms with Crippen LogP contribution in [0.3, 0.4) is 0 Å². The van der Waals surface area contributed by atoms with Gasteiger partial charge in [0.15, 0.2) is 0 Å². The second kappa shape index (κ2) is 8.41. The maximum Gasteiger partial charge on any atom is 0.333 e. The highest BCUT2D eigenvalue weighted by atomic mass is 35.5. The molecule has 4 rings (SSSR count). The van der Waals surface area contributed by atoms with Crippen molar-refractivity contribution in [3.05, 3.63) is 103 Å². The number of H-pyrrole nitrogens is 1. The van der Waals surface area contributed by atoms with Gasteiger partial charge in [0.1, 0.15) is 0 Å². The highest BCUT2D eigenvalue weighted by molar-refractivity contribution is 6.32. The van der Waals surface area contributed by atoms with Gasteiger partial charge in [-0.3, -0.25) is 9.59 Å². The van der Waals surface area contributed by atoms with Crippen molar-refractivity contribution in [2.75, 3.05) is 11.4 Å². The molecule has 4 aromatic rings. The molecule has 0 atom stereocenters. The topological polar surface area (TPSA) is 75.2 Å². The Hall–Kier alpha value is -3.35. The molecule has 0 saturated heterocycles. The first-order valence-electron chi connectivity index (χ1n) is 9.52. The van der Waals surface area contributed by atoms with Crippen molar-refractivity contribution in [1.82, 2.24) is 9.55 Å². The highest BCUT2D eigenvalue weighted by Gasteiger charge is 2.19. The molecule has 0 spiro atoms. The number of benzene rings is 3. The molecule has 0 aliphatic heterocycles. The van der Waals surface area contributed by atoms with Crippen molar-refractivity contribution in [3.8, 4) is 5.69 Å². The van der Waals surface area contributed by atoms with Gasteiger partial charge in [0.25, 0.3) is 11.5 Å². The Morgan fingerprint density at radius 3 is 2.42 bits per heavy atom. The van der Waals surface area contributed by atoms with E-state index < -0.39 is 11.2 Å². The number of para-hydroxylation sites is 1. The van der Waals surface area contributed by atoms with E-state index in [0.717, 1.165) is 4.57 Å². The number of nitrogens with one attached hydrogen (secondary N) is 1. The van der Waals surface area contributed by atoms with Crippen molar-refractivity contribution in [2.24, 2.45) is 0 Å². The number of aromatic nitrogens is 2. The van der Waals surface area contributed by atoms with Crippen LogP contribution in [0.5, 0.6) is 0 Å². The predicted molar refractivity (Wildman–Crippen MR) is 124 cm³/mol. The second-order valence-electron chi connectivity index (χ2n) is 6.81. The van der Waals surface area contributed by atoms with Gasteiger partial charge in [0, 0.05) is 22.8 Å². The van der Waals surface area contributed by atoms with E-state index in [0.29, 0.717) is 28.2 Å². The number of hydrogen-bond donors (Lipinski definition) is 1. The molecule has 0 fully saturated rings. The van der Waals surface area contributed by atoms with E-state index in [-0.39, 0.29) is 22.2 Å². The molecule has 1 amide bonds. The van der Waals surface area contributed by atoms with E-state index in [1.165, 1.54) is 12.1 Å². The lowest BCUT2D eigenvalue weighted by Crippen LogP contribution is -2.34. The maximum absolute atomic E-state index is 13.2. The Kier molecular flexibility index (Phi) is 5.67. The largest absolute Gasteiger partial charge is 0.333 e. The van der Waals surface area contributed by atoms with Crippen molar-refractivity contribution >= 4 is 45.7 Å². The molecule has 6 nitrogen and oxygen atoms in total. The minimum absolute atomic E-state index is 0.136. The molecule has 31 heavy (non-hydrogen) atoms. The van der Waals surface area contributed by atoms with Gasteiger partial charge in [-0.15, -0.1) is 0 Å². The second-order valence-corrected chi connectivity index (χ2v) is 7.65. The molecule has 0 radical (unpaired) electrons. The number of anilines is 1. The van der Waals surface area contributed by atoms with Crippen LogP contribution in [0.2, 0.25) is 10.0 Å². The van der Waals surface area contributed by atoms with E-state index in [9.17, 15) is 14.4 Å². The lowest BCUT2D eigenvalue weighted by molar-refractivity contribution is 0.0988. The van der Waals surface area contributed by atoms with Gasteiger partial charge >= 0.3 is 5.69 Å². The minimum atomic E-state index is -0.639. The molecular formula is C23H17Cl2N3O3. The molecule has 1 N–H and O–H groups in total. The summed E-state index contributed by atoms with van der Waals surface area (Å²) in [6.45, 7) is 2.26. The fraction of sp³-hybridized carbons (Fsp3) is 0.0870. The molecule has 8 heteroatoms. The van der Waals surface area contributed by atoms with Gasteiger partial charge in [-0.2, -0.15) is 0 Å². The summed E-state index contributed by atoms with van der Waals surface area (Å²) in [5.74, 6) is -0.298. The number of carbonyl (C=O) groups excluding carboxylic acids is 1. The zero-order valence-electron chi connectivity index (χ0n) is 16.4. The minimum Gasteiger partial charge on any atom is -0.309 e. The summed E-state index contributed by atoms with van der Waals surface area (Å²) < 4.78 is 0.944. The van der Waals surface area contributed by atoms with Crippen LogP contribution in [0.4, 0.5) is 5.69 Å². The lowest BCUT2D eigenvalue weighted by atomic mass is 10.1. The third-order valence-electron chi connectivity index (χ3n) is 4.94. The van der Waals surface area contributed by atoms with Crippen LogP contribution in [0.25, 0.3) is 16.6 Å². The number of aromatic amines is 1. The molecule has 156 valence electrons. The van der Waals surface area contributed by atoms with Crippen LogP contribution >= 0.6 is 23.2 Å². The molecule has 0 saturated carbocycles. The number of amides is 1. The van der Waals surface area contributed by atoms with E-state index in [4.69, 9.17) is 23.2 Å². The number of halogens is 2. The molecular weight excluding hydrogens is 437 g/mol. The van der Waals surface area contributed by atoms with Crippen molar-refractivity contribution in [1.29, 1.82) is 0 Å². The van der Waals surface area contributed by atoms with Crippen LogP contribution in [-0.4, -0.2) is 22.0 Å². The average Bonchev–Trinajstić information content (AvgIpc) is 2.76. The summed E-state index contributed by atoms with van der Waals surface area (Å²) in [6, 6.07) is 18.1. The predicted octanol–water partition coefficient (Wildman–Crippen LogP) is 4.65. The third kappa shape index (κ3) is 3.87. The van der Waals surface area contributed by atoms with Crippen LogP contribution in [0.1, 0.15) is 17.3 Å². The van der Waals surface area contributed by atoms with E-state index in [1.54, 1.807) is 59.5 Å². The van der Waals surface area contributed by atoms with Crippen LogP contribution in [0.15, 0.2) is 76.3 Å². The van der Waals surface area contributed by atoms with Crippen molar-refractivity contribution in [2.45, 2.75) is 6.92 Å². The molecule has 0 aliphatic carbocycles. The fourth-order valence-electron chi connectivity index (χ4n) is 3.42. The molecule has 3 aromatic carbocycles. The van der Waals surface area contributed by atoms with Crippen molar-refractivity contribution in [3.63, 3.8) is 0 Å². The fourth-order valence-corrected chi connectivity index (χ4v) is 3.75. The van der Waals surface area contributed by atoms with E-state index >= 15 is 0 Å². The van der Waals surface area contributed by atoms with Gasteiger partial charge in [-0.05, 0) is 61.5 Å². The third-order valence-corrected chi connectivity index (χ3v) is 5.51. The summed E-state index contributed by atoms with van der Waals surface area (Å²) in [6.07, 6.45) is 0. The number of fused-ring (bicyclic) bond motifs is 1. The number of carbonyl (C=O) groups is 1. The van der Waals surface area contributed by atoms with Crippen LogP contribution in [-0.2, 0) is 0 Å². The Morgan fingerprint density at radius 1 is 1.00 bits per heavy atom. The molecule has 0 bridgehead atoms. The monoisotopic (exact) mass is 453 g/mol. The van der Waals surface area contributed by atoms with Gasteiger partial charge in [0.05, 0.1) is 21.6 Å². The molecule has 1 heterocycles. The summed E-state index contributed by atoms with van der Waals surface area (Å²) in [5.41, 5.74) is 0.370. The van der Waals surface area contributed by atoms with E-state index in [1.807, 2.05) is 6.92 Å². The Morgan fingerprint density at radius 2 is 1.71 bits per heavy atom. The number of rotatable bonds is 4. The van der Waals surface area contributed by atoms with Gasteiger partial charge in [-0.1, -0.05) is 35.3 Å². The number of nitrogens with zero attached hydrogens (tertiary/aromatic N) is 2. The lowest BCUT2D eigenvalue weighted by Gasteiger charge is -2.21. The summed E-state index contributed by atoms with van der Waals surface area (Å²) >= 11 is 12.3. The van der Waals surface area contributed by atoms with Gasteiger partial charge < -0.3 is 9.88 Å². The van der Waals surface area contributed by atoms with Gasteiger partial charge in [-0.25, -0.2) is 9.36 Å². The van der Waals surface area contributed by atoms with Crippen LogP contribution < -0.4 is 16.1 Å². The zero-order chi connectivity index (χ0) is 22.1. The highest BCUT2D eigenvalue weighted by Crippen LogP contribution is 2.24. The summed E-state index contributed by atoms with van der Waals surface area (Å²) in [5, 5.41) is 1.08. The Balaban J connectivity index is 1.84. The zero-order valence-corrected chi connectivity index (χ0v) is 17.9. The average molecular weight is 454 g/mol. The summed E-state index contributed by atoms with van der Waals surface area (Å²) in [7, 11) is 0. The first-order valence-corrected chi connectivity index (χ1v) is 10.3. The van der Waals surface area contributed by atoms with Crippen molar-refractivity contribution < 1.29 is 4.79 Å². The SMILES string of the molecule is CCN(C(=O)c1ccc(Cl)c(-n2c(=O)[nH]c3ccccc3c2=O)c1)c1ccc(Cl)cc1. The molecule has 0 unspecified atom stereocenters. The standard InChI is InChI=1S/C23H17Cl2N3O3/c1-2-27(16-10-8-15(24)9-11-16)21(29)14-7-12-18(25)20(13-14)28-22(30)17-5-3-4-6-19(17)26-23(28)31/h3-13H,2H2,1H3,(H,26,31). The van der Waals surface area contributed by atoms with Crippen LogP contribution in [0, 0.1) is 0 Å². The quantitative estimate of drug-likeness (QED) is 0.488. The van der Waals surface area contributed by atoms with Gasteiger partial charge in [0.2, 0.25) is 0 Å². The summed E-state index contributed by atoms with van der Waals surface area (Å²) in [4.78, 5) is 43.1. The Labute approximate surface area is 187 Å². The van der Waals surface area contributed by atoms with E-state index in [2.05, 4.69) is 4.98 Å².